The van der Waals surface area contributed by atoms with E-state index in [2.05, 4.69) is 53.7 Å². The summed E-state index contributed by atoms with van der Waals surface area (Å²) in [5.41, 5.74) is 5.92. The molecule has 0 aliphatic heterocycles. The third kappa shape index (κ3) is 10.4. The summed E-state index contributed by atoms with van der Waals surface area (Å²) in [4.78, 5) is 59.2. The molecule has 0 fully saturated rings. The molecule has 5 rings (SSSR count). The normalized spacial score (nSPS) is 14.3. The molecule has 0 radical (unpaired) electrons. The Morgan fingerprint density at radius 2 is 1.45 bits per heavy atom. The number of carbonyl (C=O) groups excluding carboxylic acids is 4. The van der Waals surface area contributed by atoms with Crippen molar-refractivity contribution in [2.45, 2.75) is 84.3 Å². The number of hydrogen-bond acceptors (Lipinski definition) is 8. The Hall–Kier alpha value is -5.03. The molecule has 11 heteroatoms. The number of nitrogens with zero attached hydrogens (tertiary/aromatic N) is 2. The summed E-state index contributed by atoms with van der Waals surface area (Å²) in [6.45, 7) is 9.92. The summed E-state index contributed by atoms with van der Waals surface area (Å²) >= 11 is 1.41. The molecule has 2 N–H and O–H groups in total. The van der Waals surface area contributed by atoms with E-state index >= 15 is 0 Å². The first-order valence-corrected chi connectivity index (χ1v) is 20.0. The topological polar surface area (TPSA) is 127 Å². The smallest absolute Gasteiger partial charge is 0.407 e. The van der Waals surface area contributed by atoms with Gasteiger partial charge in [0.2, 0.25) is 5.91 Å². The van der Waals surface area contributed by atoms with Crippen LogP contribution < -0.4 is 10.6 Å². The summed E-state index contributed by atoms with van der Waals surface area (Å²) in [6, 6.07) is 25.0. The Morgan fingerprint density at radius 1 is 0.836 bits per heavy atom. The van der Waals surface area contributed by atoms with Crippen molar-refractivity contribution in [3.05, 3.63) is 112 Å². The highest BCUT2D eigenvalue weighted by atomic mass is 32.1. The van der Waals surface area contributed by atoms with Crippen molar-refractivity contribution in [1.29, 1.82) is 0 Å². The molecule has 0 spiro atoms. The van der Waals surface area contributed by atoms with Gasteiger partial charge in [-0.3, -0.25) is 14.4 Å². The molecular weight excluding hydrogens is 713 g/mol. The Bertz CT molecular complexity index is 1880. The molecule has 3 amide bonds. The van der Waals surface area contributed by atoms with Crippen LogP contribution in [0.1, 0.15) is 85.6 Å². The minimum atomic E-state index is -0.775. The number of alkyl carbamates (subject to hydrolysis) is 1. The third-order valence-electron chi connectivity index (χ3n) is 10.5. The number of ether oxygens (including phenoxy) is 2. The molecule has 1 aliphatic carbocycles. The van der Waals surface area contributed by atoms with Crippen LogP contribution in [0.2, 0.25) is 0 Å². The monoisotopic (exact) mass is 766 g/mol. The zero-order chi connectivity index (χ0) is 39.6. The van der Waals surface area contributed by atoms with Crippen molar-refractivity contribution in [3.63, 3.8) is 0 Å². The number of likely N-dealkylation sites (N-methyl/N-ethyl adjacent to an activating group) is 1. The maximum atomic E-state index is 14.0. The van der Waals surface area contributed by atoms with E-state index in [-0.39, 0.29) is 60.1 Å². The van der Waals surface area contributed by atoms with Crippen LogP contribution in [0.5, 0.6) is 0 Å². The first kappa shape index (κ1) is 41.1. The molecule has 55 heavy (non-hydrogen) atoms. The Balaban J connectivity index is 1.18. The lowest BCUT2D eigenvalue weighted by Crippen LogP contribution is -2.53. The summed E-state index contributed by atoms with van der Waals surface area (Å²) in [6.07, 6.45) is 1.56. The van der Waals surface area contributed by atoms with E-state index < -0.39 is 12.1 Å². The third-order valence-corrected chi connectivity index (χ3v) is 11.4. The molecule has 292 valence electrons. The van der Waals surface area contributed by atoms with Crippen molar-refractivity contribution in [2.75, 3.05) is 20.8 Å². The molecule has 3 aromatic carbocycles. The maximum absolute atomic E-state index is 14.0. The van der Waals surface area contributed by atoms with E-state index in [4.69, 9.17) is 9.47 Å². The van der Waals surface area contributed by atoms with Gasteiger partial charge in [-0.2, -0.15) is 0 Å². The average molecular weight is 767 g/mol. The van der Waals surface area contributed by atoms with Crippen molar-refractivity contribution < 1.29 is 28.7 Å². The number of nitrogens with one attached hydrogen (secondary N) is 2. The first-order chi connectivity index (χ1) is 26.4. The van der Waals surface area contributed by atoms with Gasteiger partial charge in [-0.25, -0.2) is 9.78 Å². The van der Waals surface area contributed by atoms with E-state index in [0.717, 1.165) is 32.8 Å². The van der Waals surface area contributed by atoms with Gasteiger partial charge in [0.1, 0.15) is 18.3 Å². The van der Waals surface area contributed by atoms with E-state index in [1.165, 1.54) is 18.4 Å². The summed E-state index contributed by atoms with van der Waals surface area (Å²) in [7, 11) is 3.15. The van der Waals surface area contributed by atoms with Gasteiger partial charge in [0.05, 0.1) is 18.0 Å². The molecule has 0 unspecified atom stereocenters. The van der Waals surface area contributed by atoms with E-state index in [0.29, 0.717) is 31.4 Å². The number of benzene rings is 3. The van der Waals surface area contributed by atoms with E-state index in [1.807, 2.05) is 68.4 Å². The van der Waals surface area contributed by atoms with Gasteiger partial charge in [0.25, 0.3) is 5.91 Å². The Labute approximate surface area is 329 Å². The zero-order valence-electron chi connectivity index (χ0n) is 32.9. The highest BCUT2D eigenvalue weighted by Crippen LogP contribution is 2.44. The van der Waals surface area contributed by atoms with Gasteiger partial charge in [-0.05, 0) is 58.9 Å². The molecule has 0 bridgehead atoms. The summed E-state index contributed by atoms with van der Waals surface area (Å²) < 4.78 is 10.7. The van der Waals surface area contributed by atoms with Crippen LogP contribution in [0.15, 0.2) is 84.2 Å². The second-order valence-electron chi connectivity index (χ2n) is 15.1. The predicted molar refractivity (Wildman–Crippen MR) is 216 cm³/mol. The molecule has 0 saturated carbocycles. The quantitative estimate of drug-likeness (QED) is 0.106. The number of amides is 3. The number of esters is 1. The molecule has 10 nitrogen and oxygen atoms in total. The lowest BCUT2D eigenvalue weighted by molar-refractivity contribution is -0.145. The summed E-state index contributed by atoms with van der Waals surface area (Å²) in [5, 5.41) is 8.50. The fraction of sp³-hybridized carbons (Fsp3) is 0.432. The van der Waals surface area contributed by atoms with Crippen LogP contribution in [-0.4, -0.2) is 72.7 Å². The second kappa shape index (κ2) is 19.0. The molecule has 4 aromatic rings. The van der Waals surface area contributed by atoms with E-state index in [9.17, 15) is 19.2 Å². The molecular formula is C44H54N4O6S. The van der Waals surface area contributed by atoms with Crippen molar-refractivity contribution in [1.82, 2.24) is 20.5 Å². The second-order valence-corrected chi connectivity index (χ2v) is 16.1. The average Bonchev–Trinajstić information content (AvgIpc) is 3.78. The van der Waals surface area contributed by atoms with Gasteiger partial charge >= 0.3 is 12.1 Å². The summed E-state index contributed by atoms with van der Waals surface area (Å²) in [5.74, 6) is -1.33. The van der Waals surface area contributed by atoms with Gasteiger partial charge < -0.3 is 25.0 Å². The van der Waals surface area contributed by atoms with Crippen LogP contribution >= 0.6 is 11.3 Å². The van der Waals surface area contributed by atoms with Crippen LogP contribution in [0, 0.1) is 17.8 Å². The molecule has 1 aromatic heterocycles. The number of hydrogen-bond donors (Lipinski definition) is 2. The first-order valence-electron chi connectivity index (χ1n) is 19.1. The number of thiazole rings is 1. The SMILES string of the molecule is COC(=O)[C@@H](C)C[C@@H](Cc1ccccc1)NC(=O)c1csc(CC[C@H](C(C)C)N(C)C(=O)[C@@H](NC(=O)OCC2c3ccccc3-c3ccccc32)C(C)C)n1. The molecule has 1 heterocycles. The van der Waals surface area contributed by atoms with Crippen LogP contribution in [0.4, 0.5) is 4.79 Å². The van der Waals surface area contributed by atoms with Crippen molar-refractivity contribution in [3.8, 4) is 11.1 Å². The highest BCUT2D eigenvalue weighted by molar-refractivity contribution is 7.09. The van der Waals surface area contributed by atoms with Crippen molar-refractivity contribution in [2.24, 2.45) is 17.8 Å². The number of rotatable bonds is 17. The number of carbonyl (C=O) groups is 4. The molecule has 0 saturated heterocycles. The van der Waals surface area contributed by atoms with Gasteiger partial charge in [0, 0.05) is 36.9 Å². The van der Waals surface area contributed by atoms with Crippen LogP contribution in [0.25, 0.3) is 11.1 Å². The van der Waals surface area contributed by atoms with Crippen LogP contribution in [-0.2, 0) is 31.9 Å². The van der Waals surface area contributed by atoms with Crippen molar-refractivity contribution >= 4 is 35.2 Å². The number of aryl methyl sites for hydroxylation is 1. The number of fused-ring (bicyclic) bond motifs is 3. The fourth-order valence-electron chi connectivity index (χ4n) is 7.51. The van der Waals surface area contributed by atoms with Gasteiger partial charge in [0.15, 0.2) is 0 Å². The molecule has 1 aliphatic rings. The largest absolute Gasteiger partial charge is 0.469 e. The lowest BCUT2D eigenvalue weighted by Gasteiger charge is -2.35. The van der Waals surface area contributed by atoms with Gasteiger partial charge in [-0.15, -0.1) is 11.3 Å². The van der Waals surface area contributed by atoms with Gasteiger partial charge in [-0.1, -0.05) is 113 Å². The van der Waals surface area contributed by atoms with E-state index in [1.54, 1.807) is 24.3 Å². The van der Waals surface area contributed by atoms with Crippen LogP contribution in [0.3, 0.4) is 0 Å². The number of aromatic nitrogens is 1. The number of methoxy groups -OCH3 is 1. The maximum Gasteiger partial charge on any atom is 0.407 e. The predicted octanol–water partition coefficient (Wildman–Crippen LogP) is 7.66. The highest BCUT2D eigenvalue weighted by Gasteiger charge is 2.34. The fourth-order valence-corrected chi connectivity index (χ4v) is 8.31. The molecule has 4 atom stereocenters. The lowest BCUT2D eigenvalue weighted by atomic mass is 9.95. The Kier molecular flexibility index (Phi) is 14.2. The minimum Gasteiger partial charge on any atom is -0.469 e. The standard InChI is InChI=1S/C44H54N4O6S/c1-27(2)38(21-22-39-46-37(26-55-39)41(49)45-31(23-29(5)43(51)53-7)24-30-15-9-8-10-16-30)48(6)42(50)40(28(3)4)47-44(52)54-25-36-34-19-13-11-17-32(34)33-18-12-14-20-35(33)36/h8-20,26-29,31,36,38,40H,21-25H2,1-7H3,(H,45,49)(H,47,52)/t29-,31-,38+,40-/m0/s1. The Morgan fingerprint density at radius 3 is 2.05 bits per heavy atom. The minimum absolute atomic E-state index is 0.0808. The zero-order valence-corrected chi connectivity index (χ0v) is 33.7.